The van der Waals surface area contributed by atoms with E-state index in [-0.39, 0.29) is 17.7 Å². The Kier molecular flexibility index (Phi) is 4.10. The highest BCUT2D eigenvalue weighted by atomic mass is 16.2. The Hall–Kier alpha value is -1.14. The molecule has 2 fully saturated rings. The molecular weight excluding hydrogens is 244 g/mol. The van der Waals surface area contributed by atoms with Gasteiger partial charge in [-0.05, 0) is 7.05 Å². The van der Waals surface area contributed by atoms with Crippen molar-refractivity contribution in [3.05, 3.63) is 0 Å². The number of piperazine rings is 1. The average Bonchev–Trinajstić information content (AvgIpc) is 2.70. The summed E-state index contributed by atoms with van der Waals surface area (Å²) in [6.45, 7) is 5.50. The van der Waals surface area contributed by atoms with Gasteiger partial charge in [0.05, 0.1) is 26.1 Å². The summed E-state index contributed by atoms with van der Waals surface area (Å²) >= 11 is 0. The molecule has 6 heteroatoms. The summed E-state index contributed by atoms with van der Waals surface area (Å²) < 4.78 is 0.611. The third-order valence-corrected chi connectivity index (χ3v) is 4.38. The number of nitrogens with two attached hydrogens (primary N) is 1. The van der Waals surface area contributed by atoms with E-state index < -0.39 is 0 Å². The highest BCUT2D eigenvalue weighted by molar-refractivity contribution is 5.79. The second-order valence-electron chi connectivity index (χ2n) is 6.26. The molecular formula is C13H25N4O2+. The van der Waals surface area contributed by atoms with E-state index in [4.69, 9.17) is 5.73 Å². The lowest BCUT2D eigenvalue weighted by Crippen LogP contribution is -2.51. The summed E-state index contributed by atoms with van der Waals surface area (Å²) in [5.74, 6) is 0.0439. The number of amides is 2. The maximum absolute atomic E-state index is 12.5. The van der Waals surface area contributed by atoms with Gasteiger partial charge in [-0.25, -0.2) is 0 Å². The van der Waals surface area contributed by atoms with Crippen LogP contribution in [0.25, 0.3) is 0 Å². The van der Waals surface area contributed by atoms with Gasteiger partial charge in [-0.1, -0.05) is 0 Å². The standard InChI is InChI=1S/C13H24N4O2/c1-15-4-6-16(7-5-15)13(19)11-3-8-17(2,9-11)10-12(14)18/h11H,3-10H2,1-2H3,(H-,14,18)/p+1. The minimum atomic E-state index is -0.282. The van der Waals surface area contributed by atoms with Crippen molar-refractivity contribution >= 4 is 11.8 Å². The predicted octanol–water partition coefficient (Wildman–Crippen LogP) is -1.29. The molecule has 0 saturated carbocycles. The molecule has 2 aliphatic rings. The number of quaternary nitrogens is 1. The van der Waals surface area contributed by atoms with Gasteiger partial charge in [-0.2, -0.15) is 0 Å². The van der Waals surface area contributed by atoms with Crippen molar-refractivity contribution in [1.29, 1.82) is 0 Å². The lowest BCUT2D eigenvalue weighted by molar-refractivity contribution is -0.890. The summed E-state index contributed by atoms with van der Waals surface area (Å²) in [6, 6.07) is 0. The van der Waals surface area contributed by atoms with Crippen molar-refractivity contribution in [3.8, 4) is 0 Å². The first kappa shape index (κ1) is 14.3. The molecule has 0 aliphatic carbocycles. The van der Waals surface area contributed by atoms with Gasteiger partial charge in [0.15, 0.2) is 6.54 Å². The SMILES string of the molecule is CN1CCN(C(=O)C2CC[N+](C)(CC(N)=O)C2)CC1. The summed E-state index contributed by atoms with van der Waals surface area (Å²) in [7, 11) is 4.10. The summed E-state index contributed by atoms with van der Waals surface area (Å²) in [6.07, 6.45) is 0.870. The fourth-order valence-corrected chi connectivity index (χ4v) is 3.19. The molecule has 2 amide bonds. The lowest BCUT2D eigenvalue weighted by Gasteiger charge is -2.34. The number of hydrogen-bond acceptors (Lipinski definition) is 3. The number of nitrogens with zero attached hydrogens (tertiary/aromatic N) is 3. The molecule has 19 heavy (non-hydrogen) atoms. The van der Waals surface area contributed by atoms with Gasteiger partial charge in [0, 0.05) is 32.6 Å². The molecule has 2 N–H and O–H groups in total. The van der Waals surface area contributed by atoms with Crippen LogP contribution in [0.3, 0.4) is 0 Å². The van der Waals surface area contributed by atoms with Gasteiger partial charge in [-0.15, -0.1) is 0 Å². The normalized spacial score (nSPS) is 32.5. The van der Waals surface area contributed by atoms with Crippen molar-refractivity contribution < 1.29 is 14.1 Å². The summed E-state index contributed by atoms with van der Waals surface area (Å²) in [5.41, 5.74) is 5.28. The molecule has 0 aromatic rings. The molecule has 2 heterocycles. The molecule has 2 aliphatic heterocycles. The molecule has 2 unspecified atom stereocenters. The zero-order valence-electron chi connectivity index (χ0n) is 12.0. The van der Waals surface area contributed by atoms with E-state index in [9.17, 15) is 9.59 Å². The Morgan fingerprint density at radius 1 is 1.26 bits per heavy atom. The number of likely N-dealkylation sites (tertiary alicyclic amines) is 1. The molecule has 0 spiro atoms. The van der Waals surface area contributed by atoms with Crippen LogP contribution in [-0.2, 0) is 9.59 Å². The van der Waals surface area contributed by atoms with Crippen molar-refractivity contribution in [3.63, 3.8) is 0 Å². The van der Waals surface area contributed by atoms with Crippen molar-refractivity contribution in [2.45, 2.75) is 6.42 Å². The second-order valence-corrected chi connectivity index (χ2v) is 6.26. The topological polar surface area (TPSA) is 66.6 Å². The molecule has 0 bridgehead atoms. The maximum atomic E-state index is 12.5. The Labute approximate surface area is 114 Å². The smallest absolute Gasteiger partial charge is 0.272 e. The molecule has 0 aromatic carbocycles. The molecule has 0 aromatic heterocycles. The summed E-state index contributed by atoms with van der Waals surface area (Å²) in [5, 5.41) is 0. The molecule has 6 nitrogen and oxygen atoms in total. The van der Waals surface area contributed by atoms with Crippen molar-refractivity contribution in [2.75, 3.05) is 59.9 Å². The molecule has 0 radical (unpaired) electrons. The molecule has 2 atom stereocenters. The molecule has 108 valence electrons. The van der Waals surface area contributed by atoms with Crippen LogP contribution in [0.4, 0.5) is 0 Å². The Morgan fingerprint density at radius 3 is 2.47 bits per heavy atom. The van der Waals surface area contributed by atoms with Crippen LogP contribution >= 0.6 is 0 Å². The van der Waals surface area contributed by atoms with Crippen molar-refractivity contribution in [1.82, 2.24) is 9.80 Å². The fraction of sp³-hybridized carbons (Fsp3) is 0.846. The van der Waals surface area contributed by atoms with Gasteiger partial charge >= 0.3 is 0 Å². The van der Waals surface area contributed by atoms with E-state index in [0.717, 1.165) is 45.7 Å². The highest BCUT2D eigenvalue weighted by Crippen LogP contribution is 2.24. The number of carbonyl (C=O) groups is 2. The lowest BCUT2D eigenvalue weighted by atomic mass is 10.1. The Balaban J connectivity index is 1.89. The number of carbonyl (C=O) groups excluding carboxylic acids is 2. The fourth-order valence-electron chi connectivity index (χ4n) is 3.19. The predicted molar refractivity (Wildman–Crippen MR) is 72.2 cm³/mol. The number of rotatable bonds is 3. The van der Waals surface area contributed by atoms with Crippen LogP contribution in [0, 0.1) is 5.92 Å². The minimum absolute atomic E-state index is 0.0627. The number of likely N-dealkylation sites (N-methyl/N-ethyl adjacent to an activating group) is 2. The van der Waals surface area contributed by atoms with E-state index in [1.54, 1.807) is 0 Å². The second kappa shape index (κ2) is 5.46. The zero-order valence-corrected chi connectivity index (χ0v) is 12.0. The van der Waals surface area contributed by atoms with E-state index in [2.05, 4.69) is 11.9 Å². The van der Waals surface area contributed by atoms with Crippen LogP contribution < -0.4 is 5.73 Å². The first-order valence-electron chi connectivity index (χ1n) is 6.99. The van der Waals surface area contributed by atoms with Gasteiger partial charge in [-0.3, -0.25) is 9.59 Å². The molecule has 2 rings (SSSR count). The average molecular weight is 269 g/mol. The third-order valence-electron chi connectivity index (χ3n) is 4.38. The first-order valence-corrected chi connectivity index (χ1v) is 6.99. The monoisotopic (exact) mass is 269 g/mol. The number of hydrogen-bond donors (Lipinski definition) is 1. The van der Waals surface area contributed by atoms with Crippen molar-refractivity contribution in [2.24, 2.45) is 11.7 Å². The highest BCUT2D eigenvalue weighted by Gasteiger charge is 2.41. The van der Waals surface area contributed by atoms with E-state index >= 15 is 0 Å². The quantitative estimate of drug-likeness (QED) is 0.649. The van der Waals surface area contributed by atoms with Crippen LogP contribution in [0.15, 0.2) is 0 Å². The van der Waals surface area contributed by atoms with Gasteiger partial charge in [0.1, 0.15) is 0 Å². The van der Waals surface area contributed by atoms with Gasteiger partial charge < -0.3 is 20.0 Å². The molecule has 2 saturated heterocycles. The van der Waals surface area contributed by atoms with Crippen LogP contribution in [-0.4, -0.2) is 86.0 Å². The third kappa shape index (κ3) is 3.45. The first-order chi connectivity index (χ1) is 8.89. The minimum Gasteiger partial charge on any atom is -0.365 e. The van der Waals surface area contributed by atoms with Crippen LogP contribution in [0.5, 0.6) is 0 Å². The van der Waals surface area contributed by atoms with Crippen LogP contribution in [0.2, 0.25) is 0 Å². The Morgan fingerprint density at radius 2 is 1.89 bits per heavy atom. The van der Waals surface area contributed by atoms with Gasteiger partial charge in [0.2, 0.25) is 5.91 Å². The van der Waals surface area contributed by atoms with E-state index in [1.807, 2.05) is 11.9 Å². The maximum Gasteiger partial charge on any atom is 0.272 e. The zero-order chi connectivity index (χ0) is 14.0. The van der Waals surface area contributed by atoms with E-state index in [0.29, 0.717) is 11.0 Å². The van der Waals surface area contributed by atoms with Crippen LogP contribution in [0.1, 0.15) is 6.42 Å². The largest absolute Gasteiger partial charge is 0.365 e. The Bertz CT molecular complexity index is 366. The van der Waals surface area contributed by atoms with Gasteiger partial charge in [0.25, 0.3) is 5.91 Å². The van der Waals surface area contributed by atoms with E-state index in [1.165, 1.54) is 0 Å². The number of primary amides is 1. The summed E-state index contributed by atoms with van der Waals surface area (Å²) in [4.78, 5) is 27.8.